The molecule has 1 amide bonds. The monoisotopic (exact) mass is 433 g/mol. The molecule has 3 rings (SSSR count). The average Bonchev–Trinajstić information content (AvgIpc) is 3.35. The van der Waals surface area contributed by atoms with Crippen molar-refractivity contribution < 1.29 is 18.5 Å². The molecule has 1 heterocycles. The molecule has 1 saturated carbocycles. The van der Waals surface area contributed by atoms with Gasteiger partial charge in [-0.25, -0.2) is 14.1 Å². The number of hydrogen-bond acceptors (Lipinski definition) is 5. The van der Waals surface area contributed by atoms with Crippen LogP contribution < -0.4 is 10.5 Å². The molecule has 0 radical (unpaired) electrons. The van der Waals surface area contributed by atoms with Gasteiger partial charge in [0, 0.05) is 11.3 Å². The van der Waals surface area contributed by atoms with Crippen LogP contribution in [0.3, 0.4) is 0 Å². The van der Waals surface area contributed by atoms with Crippen molar-refractivity contribution in [3.8, 4) is 0 Å². The molecule has 1 unspecified atom stereocenters. The van der Waals surface area contributed by atoms with E-state index in [2.05, 4.69) is 26.1 Å². The van der Waals surface area contributed by atoms with Crippen LogP contribution in [0, 0.1) is 10.7 Å². The smallest absolute Gasteiger partial charge is 0.260 e. The first-order valence-corrected chi connectivity index (χ1v) is 11.8. The number of carbonyl (C=O) groups is 1. The van der Waals surface area contributed by atoms with E-state index in [-0.39, 0.29) is 23.0 Å². The van der Waals surface area contributed by atoms with Gasteiger partial charge in [0.05, 0.1) is 11.9 Å². The molecule has 2 aromatic rings. The third kappa shape index (κ3) is 4.45. The fraction of sp³-hybridized carbons (Fsp3) is 0.500. The van der Waals surface area contributed by atoms with Crippen LogP contribution >= 0.6 is 0 Å². The SMILES string of the molecule is CC(C)c1cccc([C@H](C)C2CC2)c1NC(=O)c1c(C(C)(C)O)coc1S(=N)(N)=O. The van der Waals surface area contributed by atoms with Crippen molar-refractivity contribution in [2.45, 2.75) is 70.0 Å². The normalized spacial score (nSPS) is 17.6. The molecular weight excluding hydrogens is 402 g/mol. The summed E-state index contributed by atoms with van der Waals surface area (Å²) < 4.78 is 25.2. The fourth-order valence-corrected chi connectivity index (χ4v) is 4.55. The second-order valence-electron chi connectivity index (χ2n) is 9.02. The molecule has 0 saturated heterocycles. The Kier molecular flexibility index (Phi) is 5.88. The maximum atomic E-state index is 13.4. The van der Waals surface area contributed by atoms with Crippen molar-refractivity contribution in [2.24, 2.45) is 11.1 Å². The number of nitrogens with one attached hydrogen (secondary N) is 2. The van der Waals surface area contributed by atoms with Crippen LogP contribution in [-0.2, 0) is 15.5 Å². The van der Waals surface area contributed by atoms with E-state index in [1.165, 1.54) is 26.7 Å². The highest BCUT2D eigenvalue weighted by Gasteiger charge is 2.35. The van der Waals surface area contributed by atoms with Crippen molar-refractivity contribution in [1.29, 1.82) is 4.78 Å². The van der Waals surface area contributed by atoms with E-state index < -0.39 is 26.5 Å². The molecule has 1 aliphatic carbocycles. The van der Waals surface area contributed by atoms with Crippen molar-refractivity contribution in [3.63, 3.8) is 0 Å². The van der Waals surface area contributed by atoms with Crippen LogP contribution in [0.1, 0.15) is 86.3 Å². The standard InChI is InChI=1S/C22H31N3O4S/c1-12(2)15-7-6-8-16(13(3)14-9-10-14)19(15)25-20(26)18-17(22(4,5)27)11-29-21(18)30(23,24)28/h6-8,11-14,27H,9-10H2,1-5H3,(H,25,26)(H3,23,24,28)/t13-/m1/s1. The minimum absolute atomic E-state index is 0.138. The Bertz CT molecular complexity index is 1060. The zero-order chi connectivity index (χ0) is 22.4. The number of benzene rings is 1. The third-order valence-corrected chi connectivity index (χ3v) is 6.58. The summed E-state index contributed by atoms with van der Waals surface area (Å²) in [5.74, 6) is 0.444. The molecule has 1 aromatic carbocycles. The van der Waals surface area contributed by atoms with Crippen molar-refractivity contribution in [3.05, 3.63) is 46.7 Å². The van der Waals surface area contributed by atoms with E-state index >= 15 is 0 Å². The van der Waals surface area contributed by atoms with E-state index in [0.717, 1.165) is 23.1 Å². The van der Waals surface area contributed by atoms with Crippen LogP contribution in [-0.4, -0.2) is 15.2 Å². The molecule has 30 heavy (non-hydrogen) atoms. The second-order valence-corrected chi connectivity index (χ2v) is 10.6. The number of nitrogens with two attached hydrogens (primary N) is 1. The highest BCUT2D eigenvalue weighted by Crippen LogP contribution is 2.46. The zero-order valence-corrected chi connectivity index (χ0v) is 18.9. The number of anilines is 1. The van der Waals surface area contributed by atoms with Crippen molar-refractivity contribution >= 4 is 21.5 Å². The lowest BCUT2D eigenvalue weighted by Gasteiger charge is -2.23. The summed E-state index contributed by atoms with van der Waals surface area (Å²) in [5.41, 5.74) is 1.31. The summed E-state index contributed by atoms with van der Waals surface area (Å²) in [5, 5.41) is 18.5. The van der Waals surface area contributed by atoms with Crippen LogP contribution in [0.15, 0.2) is 34.0 Å². The topological polar surface area (TPSA) is 129 Å². The predicted molar refractivity (Wildman–Crippen MR) is 117 cm³/mol. The highest BCUT2D eigenvalue weighted by atomic mass is 32.2. The third-order valence-electron chi connectivity index (χ3n) is 5.73. The van der Waals surface area contributed by atoms with Crippen LogP contribution in [0.5, 0.6) is 0 Å². The summed E-state index contributed by atoms with van der Waals surface area (Å²) in [4.78, 5) is 13.4. The number of para-hydroxylation sites is 1. The summed E-state index contributed by atoms with van der Waals surface area (Å²) in [7, 11) is -3.81. The Balaban J connectivity index is 2.12. The van der Waals surface area contributed by atoms with E-state index in [1.54, 1.807) is 0 Å². The predicted octanol–water partition coefficient (Wildman–Crippen LogP) is 4.68. The Morgan fingerprint density at radius 3 is 2.40 bits per heavy atom. The zero-order valence-electron chi connectivity index (χ0n) is 18.1. The van der Waals surface area contributed by atoms with E-state index in [1.807, 2.05) is 18.2 Å². The van der Waals surface area contributed by atoms with Gasteiger partial charge in [0.2, 0.25) is 5.09 Å². The summed E-state index contributed by atoms with van der Waals surface area (Å²) >= 11 is 0. The number of carbonyl (C=O) groups excluding carboxylic acids is 1. The molecule has 0 bridgehead atoms. The van der Waals surface area contributed by atoms with Gasteiger partial charge in [-0.2, -0.15) is 0 Å². The van der Waals surface area contributed by atoms with Gasteiger partial charge in [-0.3, -0.25) is 4.79 Å². The Hall–Kier alpha value is -2.16. The van der Waals surface area contributed by atoms with Gasteiger partial charge >= 0.3 is 0 Å². The molecular formula is C22H31N3O4S. The molecule has 5 N–H and O–H groups in total. The minimum atomic E-state index is -3.81. The second kappa shape index (κ2) is 7.83. The maximum absolute atomic E-state index is 13.4. The number of amides is 1. The van der Waals surface area contributed by atoms with Gasteiger partial charge in [-0.15, -0.1) is 0 Å². The van der Waals surface area contributed by atoms with Gasteiger partial charge in [0.1, 0.15) is 5.56 Å². The largest absolute Gasteiger partial charge is 0.452 e. The lowest BCUT2D eigenvalue weighted by atomic mass is 9.89. The summed E-state index contributed by atoms with van der Waals surface area (Å²) in [6.45, 7) is 9.25. The van der Waals surface area contributed by atoms with Crippen LogP contribution in [0.2, 0.25) is 0 Å². The lowest BCUT2D eigenvalue weighted by molar-refractivity contribution is 0.0754. The van der Waals surface area contributed by atoms with Crippen LogP contribution in [0.4, 0.5) is 5.69 Å². The molecule has 0 aliphatic heterocycles. The average molecular weight is 434 g/mol. The maximum Gasteiger partial charge on any atom is 0.260 e. The van der Waals surface area contributed by atoms with E-state index in [0.29, 0.717) is 5.92 Å². The summed E-state index contributed by atoms with van der Waals surface area (Å²) in [6.07, 6.45) is 3.49. The van der Waals surface area contributed by atoms with Crippen LogP contribution in [0.25, 0.3) is 0 Å². The molecule has 0 spiro atoms. The number of aliphatic hydroxyl groups is 1. The molecule has 1 aromatic heterocycles. The molecule has 1 aliphatic rings. The Morgan fingerprint density at radius 2 is 1.90 bits per heavy atom. The minimum Gasteiger partial charge on any atom is -0.452 e. The first-order valence-electron chi connectivity index (χ1n) is 10.2. The van der Waals surface area contributed by atoms with E-state index in [4.69, 9.17) is 14.3 Å². The number of furan rings is 1. The van der Waals surface area contributed by atoms with Crippen molar-refractivity contribution in [2.75, 3.05) is 5.32 Å². The first kappa shape index (κ1) is 22.5. The number of hydrogen-bond donors (Lipinski definition) is 4. The van der Waals surface area contributed by atoms with Gasteiger partial charge in [0.25, 0.3) is 5.91 Å². The van der Waals surface area contributed by atoms with Gasteiger partial charge in [0.15, 0.2) is 9.92 Å². The molecule has 7 nitrogen and oxygen atoms in total. The molecule has 8 heteroatoms. The van der Waals surface area contributed by atoms with E-state index in [9.17, 15) is 14.1 Å². The summed E-state index contributed by atoms with van der Waals surface area (Å²) in [6, 6.07) is 6.00. The number of rotatable bonds is 7. The van der Waals surface area contributed by atoms with Gasteiger partial charge < -0.3 is 14.8 Å². The van der Waals surface area contributed by atoms with Gasteiger partial charge in [-0.05, 0) is 55.6 Å². The first-order chi connectivity index (χ1) is 13.8. The fourth-order valence-electron chi connectivity index (χ4n) is 3.85. The lowest BCUT2D eigenvalue weighted by Crippen LogP contribution is -2.25. The molecule has 2 atom stereocenters. The Labute approximate surface area is 178 Å². The highest BCUT2D eigenvalue weighted by molar-refractivity contribution is 7.90. The van der Waals surface area contributed by atoms with Gasteiger partial charge in [-0.1, -0.05) is 39.0 Å². The quantitative estimate of drug-likeness (QED) is 0.505. The van der Waals surface area contributed by atoms with Crippen molar-refractivity contribution in [1.82, 2.24) is 0 Å². The molecule has 1 fully saturated rings. The molecule has 164 valence electrons. The Morgan fingerprint density at radius 1 is 1.30 bits per heavy atom.